The van der Waals surface area contributed by atoms with Gasteiger partial charge in [0.2, 0.25) is 10.0 Å². The molecular formula is C28H25ClN4O5S. The molecule has 0 aliphatic heterocycles. The Kier molecular flexibility index (Phi) is 8.92. The van der Waals surface area contributed by atoms with E-state index < -0.39 is 22.0 Å². The molecule has 1 aromatic heterocycles. The van der Waals surface area contributed by atoms with Crippen molar-refractivity contribution >= 4 is 39.3 Å². The summed E-state index contributed by atoms with van der Waals surface area (Å²) in [5, 5.41) is 15.2. The Balaban J connectivity index is 1.40. The normalized spacial score (nSPS) is 11.9. The average Bonchev–Trinajstić information content (AvgIpc) is 2.93. The van der Waals surface area contributed by atoms with E-state index in [-0.39, 0.29) is 22.4 Å². The van der Waals surface area contributed by atoms with E-state index in [1.165, 1.54) is 18.2 Å². The summed E-state index contributed by atoms with van der Waals surface area (Å²) in [4.78, 5) is 28.0. The highest BCUT2D eigenvalue weighted by Gasteiger charge is 2.27. The Hall–Kier alpha value is -4.25. The summed E-state index contributed by atoms with van der Waals surface area (Å²) < 4.78 is 27.7. The first kappa shape index (κ1) is 27.8. The van der Waals surface area contributed by atoms with E-state index in [0.29, 0.717) is 17.8 Å². The molecule has 39 heavy (non-hydrogen) atoms. The number of urea groups is 1. The summed E-state index contributed by atoms with van der Waals surface area (Å²) in [6.07, 6.45) is 3.27. The van der Waals surface area contributed by atoms with Crippen LogP contribution in [0.1, 0.15) is 11.1 Å². The predicted molar refractivity (Wildman–Crippen MR) is 149 cm³/mol. The standard InChI is InChI=1S/C28H25ClN4O5S/c29-24-8-1-2-9-26(24)39(37,38)33-25(27(34)35)15-19-10-12-21(13-11-19)22-6-3-7-23(16-22)32-28(36)31-18-20-5-4-14-30-17-20/h1-14,16-17,25,33H,15,18H2,(H,34,35)(H2,31,32,36)/t25-/m0/s1. The Morgan fingerprint density at radius 1 is 0.897 bits per heavy atom. The van der Waals surface area contributed by atoms with Crippen molar-refractivity contribution in [3.8, 4) is 11.1 Å². The van der Waals surface area contributed by atoms with E-state index in [1.807, 2.05) is 24.3 Å². The van der Waals surface area contributed by atoms with Crippen LogP contribution < -0.4 is 15.4 Å². The van der Waals surface area contributed by atoms with Crippen molar-refractivity contribution in [3.63, 3.8) is 0 Å². The van der Waals surface area contributed by atoms with Gasteiger partial charge in [0, 0.05) is 24.6 Å². The van der Waals surface area contributed by atoms with Crippen molar-refractivity contribution in [1.82, 2.24) is 15.0 Å². The molecule has 11 heteroatoms. The number of nitrogens with one attached hydrogen (secondary N) is 3. The quantitative estimate of drug-likeness (QED) is 0.220. The predicted octanol–water partition coefficient (Wildman–Crippen LogP) is 4.70. The number of aromatic nitrogens is 1. The first-order valence-corrected chi connectivity index (χ1v) is 13.7. The third-order valence-corrected chi connectivity index (χ3v) is 7.72. The Bertz CT molecular complexity index is 1560. The number of nitrogens with zero attached hydrogens (tertiary/aromatic N) is 1. The maximum absolute atomic E-state index is 12.7. The van der Waals surface area contributed by atoms with Gasteiger partial charge in [0.15, 0.2) is 0 Å². The summed E-state index contributed by atoms with van der Waals surface area (Å²) in [7, 11) is -4.15. The largest absolute Gasteiger partial charge is 0.480 e. The molecule has 4 aromatic rings. The van der Waals surface area contributed by atoms with Crippen LogP contribution in [0.2, 0.25) is 5.02 Å². The number of aliphatic carboxylic acids is 1. The molecule has 1 heterocycles. The van der Waals surface area contributed by atoms with Gasteiger partial charge < -0.3 is 15.7 Å². The van der Waals surface area contributed by atoms with Gasteiger partial charge in [0.25, 0.3) is 0 Å². The fraction of sp³-hybridized carbons (Fsp3) is 0.107. The Morgan fingerprint density at radius 3 is 2.36 bits per heavy atom. The number of carbonyl (C=O) groups excluding carboxylic acids is 1. The van der Waals surface area contributed by atoms with Crippen molar-refractivity contribution in [3.05, 3.63) is 113 Å². The molecule has 4 N–H and O–H groups in total. The number of carbonyl (C=O) groups is 2. The topological polar surface area (TPSA) is 137 Å². The van der Waals surface area contributed by atoms with Gasteiger partial charge in [-0.2, -0.15) is 4.72 Å². The molecule has 0 aliphatic carbocycles. The van der Waals surface area contributed by atoms with E-state index in [0.717, 1.165) is 16.7 Å². The van der Waals surface area contributed by atoms with Crippen LogP contribution in [0.4, 0.5) is 10.5 Å². The van der Waals surface area contributed by atoms with Gasteiger partial charge in [-0.3, -0.25) is 9.78 Å². The Labute approximate surface area is 230 Å². The van der Waals surface area contributed by atoms with E-state index >= 15 is 0 Å². The minimum absolute atomic E-state index is 0.00110. The van der Waals surface area contributed by atoms with Crippen LogP contribution >= 0.6 is 11.6 Å². The molecule has 9 nitrogen and oxygen atoms in total. The van der Waals surface area contributed by atoms with Crippen molar-refractivity contribution in [1.29, 1.82) is 0 Å². The summed E-state index contributed by atoms with van der Waals surface area (Å²) in [5.41, 5.74) is 3.77. The number of hydrogen-bond acceptors (Lipinski definition) is 5. The van der Waals surface area contributed by atoms with Gasteiger partial charge in [-0.25, -0.2) is 13.2 Å². The first-order valence-electron chi connectivity index (χ1n) is 11.8. The molecule has 0 saturated carbocycles. The molecule has 0 unspecified atom stereocenters. The molecule has 0 spiro atoms. The number of hydrogen-bond donors (Lipinski definition) is 4. The maximum atomic E-state index is 12.7. The third kappa shape index (κ3) is 7.64. The number of sulfonamides is 1. The average molecular weight is 565 g/mol. The van der Waals surface area contributed by atoms with Crippen molar-refractivity contribution < 1.29 is 23.1 Å². The smallest absolute Gasteiger partial charge is 0.322 e. The van der Waals surface area contributed by atoms with Crippen LogP contribution in [0.25, 0.3) is 11.1 Å². The summed E-state index contributed by atoms with van der Waals surface area (Å²) in [6.45, 7) is 0.340. The van der Waals surface area contributed by atoms with Crippen molar-refractivity contribution in [2.45, 2.75) is 23.9 Å². The highest BCUT2D eigenvalue weighted by Crippen LogP contribution is 2.24. The minimum atomic E-state index is -4.15. The number of amides is 2. The lowest BCUT2D eigenvalue weighted by molar-refractivity contribution is -0.138. The number of rotatable bonds is 10. The minimum Gasteiger partial charge on any atom is -0.480 e. The molecule has 0 bridgehead atoms. The van der Waals surface area contributed by atoms with Crippen LogP contribution in [0.15, 0.2) is 102 Å². The third-order valence-electron chi connectivity index (χ3n) is 5.75. The second-order valence-electron chi connectivity index (χ2n) is 8.59. The number of carboxylic acids is 1. The monoisotopic (exact) mass is 564 g/mol. The van der Waals surface area contributed by atoms with Crippen LogP contribution in [0.5, 0.6) is 0 Å². The van der Waals surface area contributed by atoms with Gasteiger partial charge in [-0.1, -0.05) is 66.2 Å². The molecule has 0 saturated heterocycles. The lowest BCUT2D eigenvalue weighted by Crippen LogP contribution is -2.42. The first-order chi connectivity index (χ1) is 18.7. The molecule has 1 atom stereocenters. The van der Waals surface area contributed by atoms with Crippen LogP contribution in [-0.4, -0.2) is 36.6 Å². The zero-order valence-electron chi connectivity index (χ0n) is 20.5. The fourth-order valence-corrected chi connectivity index (χ4v) is 5.51. The Morgan fingerprint density at radius 2 is 1.67 bits per heavy atom. The number of carboxylic acid groups (broad SMARTS) is 1. The zero-order chi connectivity index (χ0) is 27.8. The summed E-state index contributed by atoms with van der Waals surface area (Å²) >= 11 is 5.99. The van der Waals surface area contributed by atoms with E-state index in [4.69, 9.17) is 11.6 Å². The lowest BCUT2D eigenvalue weighted by Gasteiger charge is -2.16. The SMILES string of the molecule is O=C(NCc1cccnc1)Nc1cccc(-c2ccc(C[C@H](NS(=O)(=O)c3ccccc3Cl)C(=O)O)cc2)c1. The van der Waals surface area contributed by atoms with Crippen molar-refractivity contribution in [2.24, 2.45) is 0 Å². The molecule has 0 aliphatic rings. The van der Waals surface area contributed by atoms with Crippen LogP contribution in [0.3, 0.4) is 0 Å². The summed E-state index contributed by atoms with van der Waals surface area (Å²) in [6, 6.07) is 22.1. The molecular weight excluding hydrogens is 540 g/mol. The molecule has 4 rings (SSSR count). The van der Waals surface area contributed by atoms with E-state index in [1.54, 1.807) is 54.9 Å². The van der Waals surface area contributed by atoms with E-state index in [9.17, 15) is 23.1 Å². The molecule has 3 aromatic carbocycles. The number of benzene rings is 3. The van der Waals surface area contributed by atoms with Gasteiger partial charge >= 0.3 is 12.0 Å². The second-order valence-corrected chi connectivity index (χ2v) is 10.7. The molecule has 0 fully saturated rings. The van der Waals surface area contributed by atoms with E-state index in [2.05, 4.69) is 20.3 Å². The summed E-state index contributed by atoms with van der Waals surface area (Å²) in [5.74, 6) is -1.31. The van der Waals surface area contributed by atoms with Gasteiger partial charge in [0.05, 0.1) is 5.02 Å². The van der Waals surface area contributed by atoms with Crippen LogP contribution in [0, 0.1) is 0 Å². The lowest BCUT2D eigenvalue weighted by atomic mass is 10.0. The molecule has 2 amide bonds. The maximum Gasteiger partial charge on any atom is 0.322 e. The number of halogens is 1. The zero-order valence-corrected chi connectivity index (χ0v) is 22.1. The van der Waals surface area contributed by atoms with Gasteiger partial charge in [-0.15, -0.1) is 0 Å². The van der Waals surface area contributed by atoms with Crippen LogP contribution in [-0.2, 0) is 27.8 Å². The van der Waals surface area contributed by atoms with Gasteiger partial charge in [-0.05, 0) is 59.0 Å². The fourth-order valence-electron chi connectivity index (χ4n) is 3.80. The molecule has 200 valence electrons. The van der Waals surface area contributed by atoms with Gasteiger partial charge in [0.1, 0.15) is 10.9 Å². The van der Waals surface area contributed by atoms with Crippen molar-refractivity contribution in [2.75, 3.05) is 5.32 Å². The number of anilines is 1. The number of pyridine rings is 1. The highest BCUT2D eigenvalue weighted by molar-refractivity contribution is 7.89. The second kappa shape index (κ2) is 12.5. The highest BCUT2D eigenvalue weighted by atomic mass is 35.5. The molecule has 0 radical (unpaired) electrons.